The molecular formula is C21H21BrN6O3. The highest BCUT2D eigenvalue weighted by Gasteiger charge is 2.25. The number of benzene rings is 2. The number of carbonyl (C=O) groups is 1. The molecule has 0 bridgehead atoms. The van der Waals surface area contributed by atoms with Gasteiger partial charge in [0.1, 0.15) is 0 Å². The molecular weight excluding hydrogens is 464 g/mol. The van der Waals surface area contributed by atoms with Gasteiger partial charge < -0.3 is 10.2 Å². The maximum absolute atomic E-state index is 12.7. The van der Waals surface area contributed by atoms with E-state index in [4.69, 9.17) is 0 Å². The normalized spacial score (nSPS) is 15.8. The highest BCUT2D eigenvalue weighted by molar-refractivity contribution is 9.10. The molecule has 1 unspecified atom stereocenters. The van der Waals surface area contributed by atoms with E-state index in [9.17, 15) is 14.9 Å². The molecule has 1 atom stereocenters. The zero-order valence-corrected chi connectivity index (χ0v) is 18.4. The molecule has 3 aromatic rings. The van der Waals surface area contributed by atoms with E-state index in [1.807, 2.05) is 12.1 Å². The number of nitro groups is 1. The lowest BCUT2D eigenvalue weighted by Crippen LogP contribution is -2.31. The largest absolute Gasteiger partial charge is 0.371 e. The van der Waals surface area contributed by atoms with Gasteiger partial charge in [0.15, 0.2) is 5.69 Å². The number of carbonyl (C=O) groups excluding carboxylic acids is 1. The molecule has 4 rings (SSSR count). The van der Waals surface area contributed by atoms with Crippen molar-refractivity contribution in [3.63, 3.8) is 0 Å². The van der Waals surface area contributed by atoms with E-state index >= 15 is 0 Å². The molecule has 0 radical (unpaired) electrons. The number of anilines is 1. The van der Waals surface area contributed by atoms with Crippen LogP contribution >= 0.6 is 15.9 Å². The summed E-state index contributed by atoms with van der Waals surface area (Å²) in [7, 11) is 0. The van der Waals surface area contributed by atoms with E-state index in [2.05, 4.69) is 48.6 Å². The average Bonchev–Trinajstić information content (AvgIpc) is 3.39. The van der Waals surface area contributed by atoms with Gasteiger partial charge in [-0.25, -0.2) is 4.68 Å². The van der Waals surface area contributed by atoms with Crippen LogP contribution in [-0.2, 0) is 0 Å². The van der Waals surface area contributed by atoms with Crippen LogP contribution in [0.5, 0.6) is 0 Å². The number of rotatable bonds is 6. The van der Waals surface area contributed by atoms with Crippen molar-refractivity contribution in [3.8, 4) is 5.69 Å². The average molecular weight is 485 g/mol. The summed E-state index contributed by atoms with van der Waals surface area (Å²) in [4.78, 5) is 25.5. The number of hydrogen-bond donors (Lipinski definition) is 1. The third-order valence-corrected chi connectivity index (χ3v) is 5.90. The van der Waals surface area contributed by atoms with Crippen LogP contribution in [0.4, 0.5) is 11.4 Å². The Kier molecular flexibility index (Phi) is 5.99. The van der Waals surface area contributed by atoms with Crippen LogP contribution in [0.15, 0.2) is 53.0 Å². The minimum absolute atomic E-state index is 0.0466. The Hall–Kier alpha value is -3.27. The fraction of sp³-hybridized carbons (Fsp3) is 0.286. The summed E-state index contributed by atoms with van der Waals surface area (Å²) in [5.41, 5.74) is 2.35. The lowest BCUT2D eigenvalue weighted by Gasteiger charge is -2.19. The zero-order valence-electron chi connectivity index (χ0n) is 16.9. The van der Waals surface area contributed by atoms with E-state index in [0.717, 1.165) is 24.0 Å². The van der Waals surface area contributed by atoms with Crippen LogP contribution in [0.1, 0.15) is 22.6 Å². The number of nitrogens with one attached hydrogen (secondary N) is 1. The van der Waals surface area contributed by atoms with Gasteiger partial charge in [-0.15, -0.1) is 5.10 Å². The molecule has 1 aromatic heterocycles. The molecule has 0 saturated carbocycles. The molecule has 0 aliphatic carbocycles. The lowest BCUT2D eigenvalue weighted by atomic mass is 10.1. The molecule has 0 spiro atoms. The van der Waals surface area contributed by atoms with Gasteiger partial charge in [0.05, 0.1) is 16.3 Å². The Morgan fingerprint density at radius 1 is 1.26 bits per heavy atom. The Morgan fingerprint density at radius 3 is 2.81 bits per heavy atom. The van der Waals surface area contributed by atoms with Crippen LogP contribution < -0.4 is 10.2 Å². The van der Waals surface area contributed by atoms with Crippen molar-refractivity contribution >= 4 is 33.2 Å². The molecule has 1 aliphatic rings. The Labute approximate surface area is 187 Å². The molecule has 1 N–H and O–H groups in total. The van der Waals surface area contributed by atoms with Gasteiger partial charge in [-0.3, -0.25) is 14.9 Å². The Morgan fingerprint density at radius 2 is 2.03 bits per heavy atom. The second-order valence-electron chi connectivity index (χ2n) is 7.50. The monoisotopic (exact) mass is 484 g/mol. The van der Waals surface area contributed by atoms with Crippen LogP contribution in [0.3, 0.4) is 0 Å². The van der Waals surface area contributed by atoms with Gasteiger partial charge in [0, 0.05) is 41.9 Å². The minimum atomic E-state index is -0.470. The molecule has 1 saturated heterocycles. The van der Waals surface area contributed by atoms with Crippen molar-refractivity contribution in [3.05, 3.63) is 74.5 Å². The summed E-state index contributed by atoms with van der Waals surface area (Å²) in [6.45, 7) is 4.08. The second-order valence-corrected chi connectivity index (χ2v) is 8.42. The molecule has 1 fully saturated rings. The molecule has 31 heavy (non-hydrogen) atoms. The molecule has 9 nitrogen and oxygen atoms in total. The summed E-state index contributed by atoms with van der Waals surface area (Å²) in [6.07, 6.45) is 0.992. The van der Waals surface area contributed by atoms with Crippen molar-refractivity contribution in [2.45, 2.75) is 13.3 Å². The van der Waals surface area contributed by atoms with E-state index in [1.165, 1.54) is 22.5 Å². The number of amides is 1. The molecule has 160 valence electrons. The van der Waals surface area contributed by atoms with Crippen molar-refractivity contribution < 1.29 is 9.72 Å². The van der Waals surface area contributed by atoms with Gasteiger partial charge in [-0.2, -0.15) is 0 Å². The number of non-ortho nitro benzene ring substituents is 1. The Balaban J connectivity index is 1.39. The molecule has 1 amide bonds. The maximum Gasteiger partial charge on any atom is 0.273 e. The third-order valence-electron chi connectivity index (χ3n) is 5.41. The fourth-order valence-corrected chi connectivity index (χ4v) is 4.14. The van der Waals surface area contributed by atoms with Gasteiger partial charge in [-0.05, 0) is 43.5 Å². The van der Waals surface area contributed by atoms with Gasteiger partial charge in [0.25, 0.3) is 11.6 Å². The SMILES string of the molecule is Cc1c(C(=O)NCC2CCN(c3cccc(Br)c3)C2)nnn1-c1cccc([N+](=O)[O-])c1. The van der Waals surface area contributed by atoms with E-state index < -0.39 is 4.92 Å². The van der Waals surface area contributed by atoms with Crippen LogP contribution in [0, 0.1) is 23.0 Å². The number of nitrogens with zero attached hydrogens (tertiary/aromatic N) is 5. The van der Waals surface area contributed by atoms with Crippen LogP contribution in [0.2, 0.25) is 0 Å². The van der Waals surface area contributed by atoms with Gasteiger partial charge >= 0.3 is 0 Å². The zero-order chi connectivity index (χ0) is 22.0. The summed E-state index contributed by atoms with van der Waals surface area (Å²) < 4.78 is 2.48. The van der Waals surface area contributed by atoms with Gasteiger partial charge in [-0.1, -0.05) is 33.3 Å². The Bertz CT molecular complexity index is 1130. The lowest BCUT2D eigenvalue weighted by molar-refractivity contribution is -0.384. The standard InChI is InChI=1S/C21H21BrN6O3/c1-14-20(24-25-27(14)18-6-3-7-19(11-18)28(30)31)21(29)23-12-15-8-9-26(13-15)17-5-2-4-16(22)10-17/h2-7,10-11,15H,8-9,12-13H2,1H3,(H,23,29). The highest BCUT2D eigenvalue weighted by Crippen LogP contribution is 2.26. The molecule has 10 heteroatoms. The minimum Gasteiger partial charge on any atom is -0.371 e. The first-order valence-electron chi connectivity index (χ1n) is 9.88. The second kappa shape index (κ2) is 8.84. The van der Waals surface area contributed by atoms with E-state index in [0.29, 0.717) is 23.8 Å². The molecule has 2 aromatic carbocycles. The number of hydrogen-bond acceptors (Lipinski definition) is 6. The summed E-state index contributed by atoms with van der Waals surface area (Å²) >= 11 is 3.50. The van der Waals surface area contributed by atoms with Crippen molar-refractivity contribution in [1.82, 2.24) is 20.3 Å². The topological polar surface area (TPSA) is 106 Å². The molecule has 1 aliphatic heterocycles. The van der Waals surface area contributed by atoms with Crippen molar-refractivity contribution in [2.24, 2.45) is 5.92 Å². The predicted octanol–water partition coefficient (Wildman–Crippen LogP) is 3.50. The smallest absolute Gasteiger partial charge is 0.273 e. The maximum atomic E-state index is 12.7. The van der Waals surface area contributed by atoms with Crippen molar-refractivity contribution in [1.29, 1.82) is 0 Å². The first-order chi connectivity index (χ1) is 14.9. The fourth-order valence-electron chi connectivity index (χ4n) is 3.75. The number of nitro benzene ring substituents is 1. The first kappa shape index (κ1) is 21.0. The van der Waals surface area contributed by atoms with Gasteiger partial charge in [0.2, 0.25) is 0 Å². The summed E-state index contributed by atoms with van der Waals surface area (Å²) in [6, 6.07) is 14.3. The number of halogens is 1. The van der Waals surface area contributed by atoms with E-state index in [1.54, 1.807) is 19.1 Å². The quantitative estimate of drug-likeness (QED) is 0.423. The van der Waals surface area contributed by atoms with Crippen LogP contribution in [-0.4, -0.2) is 45.5 Å². The third kappa shape index (κ3) is 4.58. The van der Waals surface area contributed by atoms with Crippen molar-refractivity contribution in [2.75, 3.05) is 24.5 Å². The predicted molar refractivity (Wildman–Crippen MR) is 120 cm³/mol. The molecule has 2 heterocycles. The highest BCUT2D eigenvalue weighted by atomic mass is 79.9. The summed E-state index contributed by atoms with van der Waals surface area (Å²) in [5, 5.41) is 22.0. The van der Waals surface area contributed by atoms with E-state index in [-0.39, 0.29) is 17.3 Å². The van der Waals surface area contributed by atoms with Crippen LogP contribution in [0.25, 0.3) is 5.69 Å². The summed E-state index contributed by atoms with van der Waals surface area (Å²) in [5.74, 6) is 0.0464. The number of aromatic nitrogens is 3. The first-order valence-corrected chi connectivity index (χ1v) is 10.7.